The van der Waals surface area contributed by atoms with Gasteiger partial charge < -0.3 is 8.83 Å². The van der Waals surface area contributed by atoms with Crippen molar-refractivity contribution in [3.63, 3.8) is 0 Å². The standard InChI is InChI=1S/C96H60N6O2/c1-6-21-61(22-7-1)76-53-77(62-23-8-2-9-24-62)56-80(55-76)95-100-93(101-96(102-95)81-57-78(63-25-10-3-11-26-63)54-79(58-81)64-27-12-4-13-28-64)74-33-18-31-70(51-74)67-41-39-65(40-42-67)66-43-45-69(46-44-66)92-97-91(68-29-14-5-15-30-68)98-94(99-92)75-34-19-32-73(52-75)82-36-20-38-89-90(82)85-60-72(48-50-88(85)104-89)71-47-49-87-84(59-71)83-35-16-17-37-86(83)103-87/h1-60H. The highest BCUT2D eigenvalue weighted by atomic mass is 16.3. The van der Waals surface area contributed by atoms with Crippen molar-refractivity contribution >= 4 is 43.9 Å². The summed E-state index contributed by atoms with van der Waals surface area (Å²) >= 11 is 0. The molecule has 0 saturated heterocycles. The molecule has 0 bridgehead atoms. The van der Waals surface area contributed by atoms with Gasteiger partial charge >= 0.3 is 0 Å². The maximum Gasteiger partial charge on any atom is 0.164 e. The number of fused-ring (bicyclic) bond motifs is 6. The Labute approximate surface area is 600 Å². The molecule has 0 radical (unpaired) electrons. The van der Waals surface area contributed by atoms with Crippen LogP contribution in [0.25, 0.3) is 201 Å². The van der Waals surface area contributed by atoms with Crippen LogP contribution >= 0.6 is 0 Å². The summed E-state index contributed by atoms with van der Waals surface area (Å²) in [5.74, 6) is 3.45. The van der Waals surface area contributed by atoms with E-state index in [1.54, 1.807) is 0 Å². The van der Waals surface area contributed by atoms with E-state index in [1.807, 2.05) is 48.5 Å². The van der Waals surface area contributed by atoms with Crippen LogP contribution < -0.4 is 0 Å². The van der Waals surface area contributed by atoms with Gasteiger partial charge in [0.25, 0.3) is 0 Å². The lowest BCUT2D eigenvalue weighted by atomic mass is 9.95. The Morgan fingerprint density at radius 3 is 0.904 bits per heavy atom. The van der Waals surface area contributed by atoms with E-state index in [1.165, 1.54) is 0 Å². The minimum atomic E-state index is 0.567. The van der Waals surface area contributed by atoms with Crippen molar-refractivity contribution in [2.75, 3.05) is 0 Å². The number of para-hydroxylation sites is 1. The number of hydrogen-bond acceptors (Lipinski definition) is 8. The summed E-state index contributed by atoms with van der Waals surface area (Å²) in [6, 6.07) is 127. The lowest BCUT2D eigenvalue weighted by Gasteiger charge is -2.14. The molecule has 0 aliphatic carbocycles. The van der Waals surface area contributed by atoms with E-state index in [9.17, 15) is 0 Å². The van der Waals surface area contributed by atoms with Crippen molar-refractivity contribution in [2.45, 2.75) is 0 Å². The van der Waals surface area contributed by atoms with Crippen molar-refractivity contribution in [1.82, 2.24) is 29.9 Å². The third kappa shape index (κ3) is 11.8. The Bertz CT molecular complexity index is 6180. The predicted molar refractivity (Wildman–Crippen MR) is 424 cm³/mol. The molecule has 8 heteroatoms. The molecule has 0 unspecified atom stereocenters. The van der Waals surface area contributed by atoms with Crippen molar-refractivity contribution in [1.29, 1.82) is 0 Å². The quantitative estimate of drug-likeness (QED) is 0.106. The van der Waals surface area contributed by atoms with E-state index in [0.29, 0.717) is 34.9 Å². The molecular weight excluding hydrogens is 1270 g/mol. The molecule has 4 heterocycles. The fraction of sp³-hybridized carbons (Fsp3) is 0. The lowest BCUT2D eigenvalue weighted by molar-refractivity contribution is 0.668. The van der Waals surface area contributed by atoms with Crippen LogP contribution in [-0.2, 0) is 0 Å². The first kappa shape index (κ1) is 61.0. The van der Waals surface area contributed by atoms with Crippen LogP contribution in [0.2, 0.25) is 0 Å². The van der Waals surface area contributed by atoms with Crippen molar-refractivity contribution in [3.05, 3.63) is 364 Å². The van der Waals surface area contributed by atoms with Gasteiger partial charge in [-0.2, -0.15) is 0 Å². The van der Waals surface area contributed by atoms with E-state index >= 15 is 0 Å². The van der Waals surface area contributed by atoms with E-state index in [-0.39, 0.29) is 0 Å². The van der Waals surface area contributed by atoms with E-state index in [0.717, 1.165) is 166 Å². The third-order valence-electron chi connectivity index (χ3n) is 19.6. The molecule has 104 heavy (non-hydrogen) atoms. The molecule has 19 rings (SSSR count). The molecule has 0 spiro atoms. The zero-order valence-corrected chi connectivity index (χ0v) is 56.1. The van der Waals surface area contributed by atoms with Crippen LogP contribution in [0.15, 0.2) is 373 Å². The number of aromatic nitrogens is 6. The second kappa shape index (κ2) is 26.2. The maximum atomic E-state index is 6.56. The zero-order valence-electron chi connectivity index (χ0n) is 56.1. The van der Waals surface area contributed by atoms with Crippen LogP contribution in [-0.4, -0.2) is 29.9 Å². The molecule has 0 amide bonds. The SMILES string of the molecule is c1ccc(-c2cc(-c3ccccc3)cc(-c3nc(-c4cccc(-c5ccc(-c6ccc(-c7nc(-c8ccccc8)nc(-c8cccc(-c9cccc%10oc%11ccc(-c%12ccc%13oc%14ccccc%14c%13c%12)cc%11c9%10)c8)n7)cc6)cc5)c4)nc(-c4cc(-c5ccccc5)cc(-c5ccccc5)c4)n3)c2)cc1. The summed E-state index contributed by atoms with van der Waals surface area (Å²) in [5, 5.41) is 4.27. The Kier molecular flexibility index (Phi) is 15.4. The van der Waals surface area contributed by atoms with Gasteiger partial charge in [-0.3, -0.25) is 0 Å². The van der Waals surface area contributed by atoms with E-state index < -0.39 is 0 Å². The molecule has 0 fully saturated rings. The second-order valence-electron chi connectivity index (χ2n) is 26.2. The molecular formula is C96H60N6O2. The molecule has 0 N–H and O–H groups in total. The van der Waals surface area contributed by atoms with Gasteiger partial charge in [-0.1, -0.05) is 279 Å². The summed E-state index contributed by atoms with van der Waals surface area (Å²) in [6.07, 6.45) is 0. The van der Waals surface area contributed by atoms with Gasteiger partial charge in [0, 0.05) is 54.9 Å². The summed E-state index contributed by atoms with van der Waals surface area (Å²) in [5.41, 5.74) is 25.8. The summed E-state index contributed by atoms with van der Waals surface area (Å²) in [6.45, 7) is 0. The van der Waals surface area contributed by atoms with E-state index in [4.69, 9.17) is 38.7 Å². The second-order valence-corrected chi connectivity index (χ2v) is 26.2. The largest absolute Gasteiger partial charge is 0.456 e. The number of nitrogens with zero attached hydrogens (tertiary/aromatic N) is 6. The lowest BCUT2D eigenvalue weighted by Crippen LogP contribution is -2.01. The molecule has 4 aromatic heterocycles. The molecule has 0 saturated carbocycles. The van der Waals surface area contributed by atoms with Crippen molar-refractivity contribution < 1.29 is 8.83 Å². The highest BCUT2D eigenvalue weighted by Gasteiger charge is 2.21. The van der Waals surface area contributed by atoms with Gasteiger partial charge in [0.15, 0.2) is 34.9 Å². The summed E-state index contributed by atoms with van der Waals surface area (Å²) in [4.78, 5) is 31.7. The summed E-state index contributed by atoms with van der Waals surface area (Å²) in [7, 11) is 0. The average Bonchev–Trinajstić information content (AvgIpc) is 1.59. The molecule has 15 aromatic carbocycles. The number of benzene rings is 15. The molecule has 0 atom stereocenters. The molecule has 486 valence electrons. The van der Waals surface area contributed by atoms with Crippen LogP contribution in [0.4, 0.5) is 0 Å². The minimum absolute atomic E-state index is 0.567. The Morgan fingerprint density at radius 2 is 0.413 bits per heavy atom. The first-order valence-corrected chi connectivity index (χ1v) is 34.9. The normalized spacial score (nSPS) is 11.5. The average molecular weight is 1330 g/mol. The van der Waals surface area contributed by atoms with Crippen LogP contribution in [0, 0.1) is 0 Å². The highest BCUT2D eigenvalue weighted by Crippen LogP contribution is 2.43. The topological polar surface area (TPSA) is 104 Å². The first-order valence-electron chi connectivity index (χ1n) is 34.9. The van der Waals surface area contributed by atoms with Crippen molar-refractivity contribution in [2.24, 2.45) is 0 Å². The predicted octanol–water partition coefficient (Wildman–Crippen LogP) is 25.2. The van der Waals surface area contributed by atoms with Gasteiger partial charge in [0.2, 0.25) is 0 Å². The van der Waals surface area contributed by atoms with Gasteiger partial charge in [-0.15, -0.1) is 0 Å². The zero-order chi connectivity index (χ0) is 68.9. The van der Waals surface area contributed by atoms with Crippen molar-refractivity contribution in [3.8, 4) is 157 Å². The Balaban J connectivity index is 0.646. The molecule has 0 aliphatic heterocycles. The minimum Gasteiger partial charge on any atom is -0.456 e. The Morgan fingerprint density at radius 1 is 0.144 bits per heavy atom. The van der Waals surface area contributed by atoms with Gasteiger partial charge in [-0.05, 0) is 174 Å². The van der Waals surface area contributed by atoms with Crippen LogP contribution in [0.5, 0.6) is 0 Å². The van der Waals surface area contributed by atoms with Gasteiger partial charge in [0.1, 0.15) is 22.3 Å². The molecule has 19 aromatic rings. The van der Waals surface area contributed by atoms with Gasteiger partial charge in [0.05, 0.1) is 0 Å². The van der Waals surface area contributed by atoms with Gasteiger partial charge in [-0.25, -0.2) is 29.9 Å². The highest BCUT2D eigenvalue weighted by molar-refractivity contribution is 6.14. The fourth-order valence-electron chi connectivity index (χ4n) is 14.3. The third-order valence-corrected chi connectivity index (χ3v) is 19.6. The monoisotopic (exact) mass is 1330 g/mol. The summed E-state index contributed by atoms with van der Waals surface area (Å²) < 4.78 is 12.7. The van der Waals surface area contributed by atoms with E-state index in [2.05, 4.69) is 315 Å². The Hall–Kier alpha value is -14.1. The van der Waals surface area contributed by atoms with Crippen LogP contribution in [0.1, 0.15) is 0 Å². The molecule has 8 nitrogen and oxygen atoms in total. The molecule has 0 aliphatic rings. The number of hydrogen-bond donors (Lipinski definition) is 0. The first-order chi connectivity index (χ1) is 51.4. The smallest absolute Gasteiger partial charge is 0.164 e. The number of furan rings is 2. The number of rotatable bonds is 14. The maximum absolute atomic E-state index is 6.56. The fourth-order valence-corrected chi connectivity index (χ4v) is 14.3. The van der Waals surface area contributed by atoms with Crippen LogP contribution in [0.3, 0.4) is 0 Å².